The van der Waals surface area contributed by atoms with Crippen molar-refractivity contribution in [1.29, 1.82) is 0 Å². The van der Waals surface area contributed by atoms with Crippen LogP contribution < -0.4 is 5.32 Å². The minimum atomic E-state index is -4.42. The summed E-state index contributed by atoms with van der Waals surface area (Å²) in [5, 5.41) is 14.0. The number of rotatable bonds is 4. The smallest absolute Gasteiger partial charge is 0.315 e. The number of aromatic amines is 1. The monoisotopic (exact) mass is 491 g/mol. The number of urea groups is 1. The van der Waals surface area contributed by atoms with Crippen molar-refractivity contribution in [2.75, 3.05) is 5.32 Å². The quantitative estimate of drug-likeness (QED) is 0.500. The van der Waals surface area contributed by atoms with Crippen molar-refractivity contribution < 1.29 is 22.4 Å². The van der Waals surface area contributed by atoms with Gasteiger partial charge in [-0.1, -0.05) is 6.42 Å². The first-order valence-electron chi connectivity index (χ1n) is 11.9. The number of aromatic nitrogens is 5. The number of hydrogen-bond acceptors (Lipinski definition) is 4. The normalized spacial score (nSPS) is 24.1. The molecule has 2 N–H and O–H groups in total. The van der Waals surface area contributed by atoms with Crippen LogP contribution in [0.4, 0.5) is 28.0 Å². The fourth-order valence-corrected chi connectivity index (χ4v) is 5.65. The van der Waals surface area contributed by atoms with E-state index in [0.717, 1.165) is 36.8 Å². The zero-order valence-electron chi connectivity index (χ0n) is 18.9. The van der Waals surface area contributed by atoms with Gasteiger partial charge in [0.15, 0.2) is 0 Å². The topological polar surface area (TPSA) is 91.7 Å². The minimum Gasteiger partial charge on any atom is -0.315 e. The second-order valence-electron chi connectivity index (χ2n) is 10.0. The second kappa shape index (κ2) is 7.92. The molecule has 1 aliphatic heterocycles. The zero-order valence-corrected chi connectivity index (χ0v) is 18.9. The molecule has 35 heavy (non-hydrogen) atoms. The molecule has 6 rings (SSSR count). The molecule has 1 spiro atoms. The summed E-state index contributed by atoms with van der Waals surface area (Å²) in [6, 6.07) is 1.07. The van der Waals surface area contributed by atoms with E-state index < -0.39 is 24.4 Å². The number of halogens is 4. The summed E-state index contributed by atoms with van der Waals surface area (Å²) in [5.74, 6) is 0.318. The number of alkyl halides is 4. The van der Waals surface area contributed by atoms with Gasteiger partial charge in [0, 0.05) is 29.6 Å². The molecule has 0 radical (unpaired) electrons. The van der Waals surface area contributed by atoms with Gasteiger partial charge in [0.05, 0.1) is 29.3 Å². The van der Waals surface area contributed by atoms with Crippen molar-refractivity contribution in [2.24, 2.45) is 5.92 Å². The molecular formula is C23H25F4N7O. The van der Waals surface area contributed by atoms with Crippen LogP contribution in [-0.2, 0) is 6.54 Å². The average molecular weight is 491 g/mol. The molecule has 1 saturated heterocycles. The number of piperidine rings is 1. The molecule has 186 valence electrons. The Morgan fingerprint density at radius 2 is 2.03 bits per heavy atom. The van der Waals surface area contributed by atoms with Crippen molar-refractivity contribution >= 4 is 22.6 Å². The molecule has 2 amide bonds. The van der Waals surface area contributed by atoms with Crippen LogP contribution >= 0.6 is 0 Å². The number of hydrogen-bond donors (Lipinski definition) is 2. The summed E-state index contributed by atoms with van der Waals surface area (Å²) in [7, 11) is 0. The molecule has 2 aliphatic carbocycles. The van der Waals surface area contributed by atoms with Gasteiger partial charge in [-0.25, -0.2) is 9.18 Å². The standard InChI is InChI=1S/C23H25F4N7O/c24-15-6-19(13-2-1-3-13)34(22(8-15)4-5-22)21(35)31-17-11-29-32-20(17)16-7-18-14(9-28-16)10-30-33(18)12-23(25,26)27/h7,9-11,13,15,19H,1-6,8,12H2,(H,29,32)(H,31,35). The van der Waals surface area contributed by atoms with E-state index in [2.05, 4.69) is 25.6 Å². The van der Waals surface area contributed by atoms with Crippen molar-refractivity contribution in [3.8, 4) is 11.4 Å². The van der Waals surface area contributed by atoms with E-state index in [4.69, 9.17) is 0 Å². The molecule has 2 saturated carbocycles. The number of pyridine rings is 1. The predicted octanol–water partition coefficient (Wildman–Crippen LogP) is 5.05. The highest BCUT2D eigenvalue weighted by Gasteiger charge is 2.58. The fourth-order valence-electron chi connectivity index (χ4n) is 5.65. The van der Waals surface area contributed by atoms with Crippen LogP contribution in [0.15, 0.2) is 24.7 Å². The number of nitrogens with zero attached hydrogens (tertiary/aromatic N) is 5. The molecule has 3 aromatic heterocycles. The number of anilines is 1. The summed E-state index contributed by atoms with van der Waals surface area (Å²) in [6.45, 7) is -1.22. The third kappa shape index (κ3) is 4.02. The number of H-pyrrole nitrogens is 1. The predicted molar refractivity (Wildman–Crippen MR) is 119 cm³/mol. The lowest BCUT2D eigenvalue weighted by atomic mass is 9.74. The van der Waals surface area contributed by atoms with Gasteiger partial charge in [-0.05, 0) is 44.1 Å². The first-order valence-corrected chi connectivity index (χ1v) is 11.9. The van der Waals surface area contributed by atoms with E-state index in [0.29, 0.717) is 41.2 Å². The van der Waals surface area contributed by atoms with Gasteiger partial charge in [-0.2, -0.15) is 23.4 Å². The molecule has 3 fully saturated rings. The van der Waals surface area contributed by atoms with E-state index in [1.165, 1.54) is 24.7 Å². The molecule has 2 unspecified atom stereocenters. The van der Waals surface area contributed by atoms with Gasteiger partial charge in [0.1, 0.15) is 18.4 Å². The number of carbonyl (C=O) groups excluding carboxylic acids is 1. The largest absolute Gasteiger partial charge is 0.408 e. The zero-order chi connectivity index (χ0) is 24.4. The molecule has 2 atom stereocenters. The van der Waals surface area contributed by atoms with Gasteiger partial charge < -0.3 is 10.2 Å². The number of nitrogens with one attached hydrogen (secondary N) is 2. The maximum Gasteiger partial charge on any atom is 0.408 e. The Balaban J connectivity index is 1.28. The summed E-state index contributed by atoms with van der Waals surface area (Å²) in [6.07, 6.45) is 4.33. The Bertz CT molecular complexity index is 1260. The Hall–Kier alpha value is -3.18. The van der Waals surface area contributed by atoms with Crippen LogP contribution in [0.1, 0.15) is 44.9 Å². The first-order chi connectivity index (χ1) is 16.7. The van der Waals surface area contributed by atoms with Crippen LogP contribution in [-0.4, -0.2) is 59.8 Å². The van der Waals surface area contributed by atoms with Gasteiger partial charge in [0.2, 0.25) is 0 Å². The molecule has 3 aliphatic rings. The molecule has 8 nitrogen and oxygen atoms in total. The fraction of sp³-hybridized carbons (Fsp3) is 0.565. The van der Waals surface area contributed by atoms with E-state index in [1.54, 1.807) is 0 Å². The number of likely N-dealkylation sites (tertiary alicyclic amines) is 1. The van der Waals surface area contributed by atoms with Gasteiger partial charge >= 0.3 is 12.2 Å². The highest BCUT2D eigenvalue weighted by Crippen LogP contribution is 2.54. The molecular weight excluding hydrogens is 466 g/mol. The van der Waals surface area contributed by atoms with E-state index in [1.807, 2.05) is 4.90 Å². The van der Waals surface area contributed by atoms with Crippen LogP contribution in [0.3, 0.4) is 0 Å². The summed E-state index contributed by atoms with van der Waals surface area (Å²) in [5.41, 5.74) is 0.923. The number of amides is 2. The summed E-state index contributed by atoms with van der Waals surface area (Å²) < 4.78 is 54.3. The lowest BCUT2D eigenvalue weighted by molar-refractivity contribution is -0.141. The lowest BCUT2D eigenvalue weighted by Gasteiger charge is -2.49. The average Bonchev–Trinajstić information content (AvgIpc) is 3.15. The van der Waals surface area contributed by atoms with Crippen LogP contribution in [0, 0.1) is 5.92 Å². The van der Waals surface area contributed by atoms with Crippen molar-refractivity contribution in [1.82, 2.24) is 29.9 Å². The molecule has 12 heteroatoms. The second-order valence-corrected chi connectivity index (χ2v) is 10.0. The third-order valence-electron chi connectivity index (χ3n) is 7.67. The van der Waals surface area contributed by atoms with Crippen molar-refractivity contribution in [2.45, 2.75) is 75.4 Å². The third-order valence-corrected chi connectivity index (χ3v) is 7.67. The Morgan fingerprint density at radius 3 is 2.71 bits per heavy atom. The summed E-state index contributed by atoms with van der Waals surface area (Å²) >= 11 is 0. The van der Waals surface area contributed by atoms with Crippen molar-refractivity contribution in [3.63, 3.8) is 0 Å². The highest BCUT2D eigenvalue weighted by atomic mass is 19.4. The maximum atomic E-state index is 14.6. The first kappa shape index (κ1) is 22.3. The number of carbonyl (C=O) groups is 1. The van der Waals surface area contributed by atoms with Gasteiger partial charge in [-0.3, -0.25) is 14.8 Å². The number of fused-ring (bicyclic) bond motifs is 1. The SMILES string of the molecule is O=C(Nc1cn[nH]c1-c1cc2c(cn1)cnn2CC(F)(F)F)N1C(C2CCC2)CC(F)CC12CC2. The van der Waals surface area contributed by atoms with E-state index in [-0.39, 0.29) is 17.6 Å². The van der Waals surface area contributed by atoms with Crippen LogP contribution in [0.5, 0.6) is 0 Å². The molecule has 3 aromatic rings. The molecule has 0 aromatic carbocycles. The minimum absolute atomic E-state index is 0.128. The van der Waals surface area contributed by atoms with E-state index in [9.17, 15) is 22.4 Å². The maximum absolute atomic E-state index is 14.6. The van der Waals surface area contributed by atoms with E-state index >= 15 is 0 Å². The Labute approximate surface area is 198 Å². The Morgan fingerprint density at radius 1 is 1.23 bits per heavy atom. The molecule has 0 bridgehead atoms. The summed E-state index contributed by atoms with van der Waals surface area (Å²) in [4.78, 5) is 19.7. The van der Waals surface area contributed by atoms with Crippen molar-refractivity contribution in [3.05, 3.63) is 24.7 Å². The molecule has 4 heterocycles. The van der Waals surface area contributed by atoms with Gasteiger partial charge in [-0.15, -0.1) is 0 Å². The highest BCUT2D eigenvalue weighted by molar-refractivity contribution is 5.94. The Kier molecular flexibility index (Phi) is 5.05. The van der Waals surface area contributed by atoms with Gasteiger partial charge in [0.25, 0.3) is 0 Å². The van der Waals surface area contributed by atoms with Crippen LogP contribution in [0.25, 0.3) is 22.3 Å². The lowest BCUT2D eigenvalue weighted by Crippen LogP contribution is -2.59. The van der Waals surface area contributed by atoms with Crippen LogP contribution in [0.2, 0.25) is 0 Å².